The van der Waals surface area contributed by atoms with Crippen molar-refractivity contribution < 1.29 is 17.7 Å². The molecule has 1 atom stereocenters. The van der Waals surface area contributed by atoms with Crippen LogP contribution in [-0.4, -0.2) is 47.9 Å². The number of nitrogens with zero attached hydrogens (tertiary/aromatic N) is 3. The normalized spacial score (nSPS) is 20.9. The van der Waals surface area contributed by atoms with Crippen molar-refractivity contribution >= 4 is 15.9 Å². The lowest BCUT2D eigenvalue weighted by Gasteiger charge is -2.33. The van der Waals surface area contributed by atoms with E-state index in [0.717, 1.165) is 31.2 Å². The number of sulfonamides is 1. The quantitative estimate of drug-likeness (QED) is 0.835. The zero-order valence-electron chi connectivity index (χ0n) is 15.1. The van der Waals surface area contributed by atoms with Gasteiger partial charge in [-0.2, -0.15) is 9.29 Å². The predicted octanol–water partition coefficient (Wildman–Crippen LogP) is 0.989. The Hall–Kier alpha value is -2.26. The minimum Gasteiger partial charge on any atom is -0.353 e. The molecule has 8 nitrogen and oxygen atoms in total. The van der Waals surface area contributed by atoms with E-state index in [1.807, 2.05) is 6.07 Å². The first-order valence-electron chi connectivity index (χ1n) is 9.16. The molecule has 2 aromatic rings. The maximum Gasteiger partial charge on any atom is 0.243 e. The topological polar surface area (TPSA) is 105 Å². The van der Waals surface area contributed by atoms with Crippen LogP contribution in [-0.2, 0) is 34.1 Å². The molecule has 1 unspecified atom stereocenters. The van der Waals surface area contributed by atoms with Gasteiger partial charge in [0.1, 0.15) is 6.04 Å². The van der Waals surface area contributed by atoms with Gasteiger partial charge in [0, 0.05) is 13.1 Å². The molecule has 1 N–H and O–H groups in total. The Morgan fingerprint density at radius 2 is 2.04 bits per heavy atom. The highest BCUT2D eigenvalue weighted by Crippen LogP contribution is 2.27. The second-order valence-electron chi connectivity index (χ2n) is 7.00. The SMILES string of the molecule is Cc1noc(CC2C(=O)NCCN2S(=O)(=O)c2ccc3c(c2)CCCC3)n1. The number of aryl methyl sites for hydroxylation is 3. The summed E-state index contributed by atoms with van der Waals surface area (Å²) in [7, 11) is -3.81. The molecule has 2 aliphatic rings. The first-order valence-corrected chi connectivity index (χ1v) is 10.6. The Balaban J connectivity index is 1.66. The number of aromatic nitrogens is 2. The second-order valence-corrected chi connectivity index (χ2v) is 8.89. The number of carbonyl (C=O) groups excluding carboxylic acids is 1. The van der Waals surface area contributed by atoms with E-state index in [9.17, 15) is 13.2 Å². The van der Waals surface area contributed by atoms with E-state index in [1.165, 1.54) is 9.87 Å². The van der Waals surface area contributed by atoms with Crippen molar-refractivity contribution in [3.63, 3.8) is 0 Å². The number of carbonyl (C=O) groups is 1. The van der Waals surface area contributed by atoms with Gasteiger partial charge < -0.3 is 9.84 Å². The Kier molecular flexibility index (Phi) is 4.73. The summed E-state index contributed by atoms with van der Waals surface area (Å²) in [5.74, 6) is 0.351. The van der Waals surface area contributed by atoms with Gasteiger partial charge in [-0.3, -0.25) is 4.79 Å². The smallest absolute Gasteiger partial charge is 0.243 e. The number of benzene rings is 1. The highest BCUT2D eigenvalue weighted by Gasteiger charge is 2.39. The van der Waals surface area contributed by atoms with Gasteiger partial charge in [-0.15, -0.1) is 0 Å². The van der Waals surface area contributed by atoms with Gasteiger partial charge in [-0.05, 0) is 55.9 Å². The molecule has 27 heavy (non-hydrogen) atoms. The highest BCUT2D eigenvalue weighted by atomic mass is 32.2. The van der Waals surface area contributed by atoms with Crippen LogP contribution < -0.4 is 5.32 Å². The van der Waals surface area contributed by atoms with E-state index < -0.39 is 16.1 Å². The lowest BCUT2D eigenvalue weighted by Crippen LogP contribution is -2.57. The third-order valence-electron chi connectivity index (χ3n) is 5.15. The number of piperazine rings is 1. The second kappa shape index (κ2) is 7.05. The van der Waals surface area contributed by atoms with Crippen LogP contribution in [0.1, 0.15) is 35.7 Å². The molecule has 0 saturated carbocycles. The molecule has 0 bridgehead atoms. The van der Waals surface area contributed by atoms with Crippen molar-refractivity contribution in [2.75, 3.05) is 13.1 Å². The highest BCUT2D eigenvalue weighted by molar-refractivity contribution is 7.89. The Morgan fingerprint density at radius 1 is 1.26 bits per heavy atom. The summed E-state index contributed by atoms with van der Waals surface area (Å²) in [4.78, 5) is 16.8. The van der Waals surface area contributed by atoms with Crippen molar-refractivity contribution in [2.24, 2.45) is 0 Å². The first-order chi connectivity index (χ1) is 12.9. The van der Waals surface area contributed by atoms with E-state index in [2.05, 4.69) is 15.5 Å². The number of nitrogens with one attached hydrogen (secondary N) is 1. The van der Waals surface area contributed by atoms with Crippen molar-refractivity contribution in [2.45, 2.75) is 50.0 Å². The van der Waals surface area contributed by atoms with Crippen LogP contribution in [0.25, 0.3) is 0 Å². The molecule has 1 aliphatic heterocycles. The number of hydrogen-bond acceptors (Lipinski definition) is 6. The van der Waals surface area contributed by atoms with Crippen molar-refractivity contribution in [1.29, 1.82) is 0 Å². The molecule has 4 rings (SSSR count). The van der Waals surface area contributed by atoms with Gasteiger partial charge in [0.2, 0.25) is 21.8 Å². The van der Waals surface area contributed by atoms with E-state index >= 15 is 0 Å². The molecular weight excluding hydrogens is 368 g/mol. The van der Waals surface area contributed by atoms with Crippen LogP contribution in [0, 0.1) is 6.92 Å². The molecule has 1 aliphatic carbocycles. The Labute approximate surface area is 158 Å². The van der Waals surface area contributed by atoms with E-state index in [4.69, 9.17) is 4.52 Å². The summed E-state index contributed by atoms with van der Waals surface area (Å²) in [5, 5.41) is 6.44. The lowest BCUT2D eigenvalue weighted by atomic mass is 9.92. The van der Waals surface area contributed by atoms with Crippen LogP contribution >= 0.6 is 0 Å². The number of rotatable bonds is 4. The molecular formula is C18H22N4O4S. The van der Waals surface area contributed by atoms with E-state index in [1.54, 1.807) is 19.1 Å². The minimum absolute atomic E-state index is 0.0524. The fourth-order valence-electron chi connectivity index (χ4n) is 3.77. The number of fused-ring (bicyclic) bond motifs is 1. The largest absolute Gasteiger partial charge is 0.353 e. The fraction of sp³-hybridized carbons (Fsp3) is 0.500. The molecule has 1 aromatic heterocycles. The summed E-state index contributed by atoms with van der Waals surface area (Å²) in [5.41, 5.74) is 2.31. The zero-order chi connectivity index (χ0) is 19.0. The standard InChI is InChI=1S/C18H22N4O4S/c1-12-20-17(26-21-12)11-16-18(23)19-8-9-22(16)27(24,25)15-7-6-13-4-2-3-5-14(13)10-15/h6-7,10,16H,2-5,8-9,11H2,1H3,(H,19,23). The Morgan fingerprint density at radius 3 is 2.78 bits per heavy atom. The molecule has 0 radical (unpaired) electrons. The van der Waals surface area contributed by atoms with Crippen molar-refractivity contribution in [3.05, 3.63) is 41.0 Å². The molecule has 1 fully saturated rings. The van der Waals surface area contributed by atoms with Crippen LogP contribution in [0.15, 0.2) is 27.6 Å². The summed E-state index contributed by atoms with van der Waals surface area (Å²) in [6.07, 6.45) is 4.14. The van der Waals surface area contributed by atoms with Crippen molar-refractivity contribution in [1.82, 2.24) is 19.8 Å². The third-order valence-corrected chi connectivity index (χ3v) is 7.05. The van der Waals surface area contributed by atoms with Gasteiger partial charge in [0.25, 0.3) is 0 Å². The molecule has 2 heterocycles. The van der Waals surface area contributed by atoms with Gasteiger partial charge in [-0.1, -0.05) is 11.2 Å². The maximum atomic E-state index is 13.3. The molecule has 0 spiro atoms. The molecule has 1 amide bonds. The van der Waals surface area contributed by atoms with E-state index in [-0.39, 0.29) is 36.2 Å². The van der Waals surface area contributed by atoms with Crippen LogP contribution in [0.2, 0.25) is 0 Å². The summed E-state index contributed by atoms with van der Waals surface area (Å²) in [6, 6.07) is 4.42. The van der Waals surface area contributed by atoms with Gasteiger partial charge in [-0.25, -0.2) is 8.42 Å². The minimum atomic E-state index is -3.81. The zero-order valence-corrected chi connectivity index (χ0v) is 16.0. The van der Waals surface area contributed by atoms with E-state index in [0.29, 0.717) is 5.82 Å². The van der Waals surface area contributed by atoms with Crippen molar-refractivity contribution in [3.8, 4) is 0 Å². The van der Waals surface area contributed by atoms with Gasteiger partial charge in [0.15, 0.2) is 5.82 Å². The molecule has 1 saturated heterocycles. The molecule has 1 aromatic carbocycles. The van der Waals surface area contributed by atoms with Gasteiger partial charge >= 0.3 is 0 Å². The number of amides is 1. The summed E-state index contributed by atoms with van der Waals surface area (Å²) < 4.78 is 33.0. The Bertz CT molecular complexity index is 969. The van der Waals surface area contributed by atoms with Crippen LogP contribution in [0.4, 0.5) is 0 Å². The monoisotopic (exact) mass is 390 g/mol. The van der Waals surface area contributed by atoms with Crippen LogP contribution in [0.5, 0.6) is 0 Å². The molecule has 9 heteroatoms. The summed E-state index contributed by atoms with van der Waals surface area (Å²) in [6.45, 7) is 2.17. The van der Waals surface area contributed by atoms with Crippen LogP contribution in [0.3, 0.4) is 0 Å². The first kappa shape index (κ1) is 18.1. The maximum absolute atomic E-state index is 13.3. The van der Waals surface area contributed by atoms with Gasteiger partial charge in [0.05, 0.1) is 11.3 Å². The fourth-order valence-corrected chi connectivity index (χ4v) is 5.41. The summed E-state index contributed by atoms with van der Waals surface area (Å²) >= 11 is 0. The average Bonchev–Trinajstić information content (AvgIpc) is 3.07. The molecule has 144 valence electrons. The third kappa shape index (κ3) is 3.49. The number of hydrogen-bond donors (Lipinski definition) is 1. The lowest BCUT2D eigenvalue weighted by molar-refractivity contribution is -0.126. The predicted molar refractivity (Wildman–Crippen MR) is 96.5 cm³/mol. The average molecular weight is 390 g/mol.